The number of nitrogen functional groups attached to an aromatic ring is 1. The van der Waals surface area contributed by atoms with Crippen LogP contribution >= 0.6 is 0 Å². The minimum Gasteiger partial charge on any atom is -0.493 e. The third kappa shape index (κ3) is 3.30. The Bertz CT molecular complexity index is 758. The van der Waals surface area contributed by atoms with Crippen LogP contribution in [0, 0.1) is 0 Å². The maximum absolute atomic E-state index is 12.6. The predicted molar refractivity (Wildman–Crippen MR) is 93.2 cm³/mol. The van der Waals surface area contributed by atoms with Crippen molar-refractivity contribution in [2.45, 2.75) is 19.4 Å². The van der Waals surface area contributed by atoms with Gasteiger partial charge in [0.1, 0.15) is 0 Å². The summed E-state index contributed by atoms with van der Waals surface area (Å²) in [6.07, 6.45) is 1.21. The van der Waals surface area contributed by atoms with Crippen LogP contribution in [0.5, 0.6) is 11.5 Å². The Balaban J connectivity index is 1.72. The van der Waals surface area contributed by atoms with Crippen LogP contribution in [-0.2, 0) is 24.2 Å². The van der Waals surface area contributed by atoms with Crippen molar-refractivity contribution in [2.75, 3.05) is 26.5 Å². The molecule has 5 nitrogen and oxygen atoms in total. The molecular formula is C19H22N2O3. The van der Waals surface area contributed by atoms with Crippen molar-refractivity contribution in [3.05, 3.63) is 53.1 Å². The van der Waals surface area contributed by atoms with E-state index in [0.717, 1.165) is 29.8 Å². The van der Waals surface area contributed by atoms with Crippen LogP contribution in [0.25, 0.3) is 0 Å². The molecule has 0 fully saturated rings. The monoisotopic (exact) mass is 326 g/mol. The van der Waals surface area contributed by atoms with Crippen molar-refractivity contribution in [1.82, 2.24) is 4.90 Å². The largest absolute Gasteiger partial charge is 0.493 e. The molecule has 2 aromatic rings. The van der Waals surface area contributed by atoms with Gasteiger partial charge in [0.05, 0.1) is 20.6 Å². The maximum Gasteiger partial charge on any atom is 0.227 e. The molecule has 3 rings (SSSR count). The summed E-state index contributed by atoms with van der Waals surface area (Å²) in [6.45, 7) is 1.36. The van der Waals surface area contributed by atoms with Crippen LogP contribution in [0.2, 0.25) is 0 Å². The van der Waals surface area contributed by atoms with E-state index in [4.69, 9.17) is 15.2 Å². The standard InChI is InChI=1S/C19H22N2O3/c1-23-17-6-3-13(9-18(17)24-2)10-19(22)21-8-7-14-4-5-16(20)11-15(14)12-21/h3-6,9,11H,7-8,10,12,20H2,1-2H3. The number of hydrogen-bond donors (Lipinski definition) is 1. The number of carbonyl (C=O) groups excluding carboxylic acids is 1. The number of amides is 1. The number of carbonyl (C=O) groups is 1. The molecule has 2 N–H and O–H groups in total. The Morgan fingerprint density at radius 3 is 2.62 bits per heavy atom. The zero-order valence-electron chi connectivity index (χ0n) is 14.0. The molecule has 2 aromatic carbocycles. The molecule has 1 aliphatic heterocycles. The molecule has 1 amide bonds. The third-order valence-electron chi connectivity index (χ3n) is 4.40. The summed E-state index contributed by atoms with van der Waals surface area (Å²) in [7, 11) is 3.19. The van der Waals surface area contributed by atoms with Gasteiger partial charge in [-0.05, 0) is 47.4 Å². The minimum atomic E-state index is 0.107. The zero-order valence-corrected chi connectivity index (χ0v) is 14.0. The number of nitrogens with zero attached hydrogens (tertiary/aromatic N) is 1. The molecule has 24 heavy (non-hydrogen) atoms. The topological polar surface area (TPSA) is 64.8 Å². The zero-order chi connectivity index (χ0) is 17.1. The van der Waals surface area contributed by atoms with Crippen molar-refractivity contribution in [1.29, 1.82) is 0 Å². The highest BCUT2D eigenvalue weighted by Gasteiger charge is 2.21. The van der Waals surface area contributed by atoms with Crippen LogP contribution in [-0.4, -0.2) is 31.6 Å². The summed E-state index contributed by atoms with van der Waals surface area (Å²) in [4.78, 5) is 14.5. The lowest BCUT2D eigenvalue weighted by atomic mass is 9.98. The van der Waals surface area contributed by atoms with E-state index in [1.165, 1.54) is 5.56 Å². The SMILES string of the molecule is COc1ccc(CC(=O)N2CCc3ccc(N)cc3C2)cc1OC. The molecule has 0 spiro atoms. The van der Waals surface area contributed by atoms with Gasteiger partial charge >= 0.3 is 0 Å². The van der Waals surface area contributed by atoms with E-state index < -0.39 is 0 Å². The number of anilines is 1. The van der Waals surface area contributed by atoms with Crippen LogP contribution in [0.15, 0.2) is 36.4 Å². The van der Waals surface area contributed by atoms with Crippen LogP contribution in [0.3, 0.4) is 0 Å². The van der Waals surface area contributed by atoms with Gasteiger partial charge in [0.2, 0.25) is 5.91 Å². The van der Waals surface area contributed by atoms with E-state index in [-0.39, 0.29) is 5.91 Å². The van der Waals surface area contributed by atoms with Gasteiger partial charge in [0.15, 0.2) is 11.5 Å². The molecule has 0 saturated carbocycles. The van der Waals surface area contributed by atoms with Crippen molar-refractivity contribution < 1.29 is 14.3 Å². The van der Waals surface area contributed by atoms with E-state index in [9.17, 15) is 4.79 Å². The van der Waals surface area contributed by atoms with Crippen molar-refractivity contribution in [2.24, 2.45) is 0 Å². The second kappa shape index (κ2) is 6.83. The number of hydrogen-bond acceptors (Lipinski definition) is 4. The number of rotatable bonds is 4. The van der Waals surface area contributed by atoms with E-state index in [2.05, 4.69) is 6.07 Å². The van der Waals surface area contributed by atoms with Gasteiger partial charge in [-0.25, -0.2) is 0 Å². The Morgan fingerprint density at radius 2 is 1.88 bits per heavy atom. The van der Waals surface area contributed by atoms with E-state index >= 15 is 0 Å². The molecule has 0 atom stereocenters. The molecule has 1 heterocycles. The first kappa shape index (κ1) is 16.2. The molecule has 0 aromatic heterocycles. The minimum absolute atomic E-state index is 0.107. The molecule has 0 aliphatic carbocycles. The first-order chi connectivity index (χ1) is 11.6. The van der Waals surface area contributed by atoms with Crippen LogP contribution < -0.4 is 15.2 Å². The van der Waals surface area contributed by atoms with Gasteiger partial charge in [-0.2, -0.15) is 0 Å². The molecule has 126 valence electrons. The van der Waals surface area contributed by atoms with Gasteiger partial charge in [0, 0.05) is 18.8 Å². The summed E-state index contributed by atoms with van der Waals surface area (Å²) < 4.78 is 10.5. The van der Waals surface area contributed by atoms with Gasteiger partial charge in [-0.1, -0.05) is 12.1 Å². The Kier molecular flexibility index (Phi) is 4.60. The first-order valence-electron chi connectivity index (χ1n) is 7.96. The summed E-state index contributed by atoms with van der Waals surface area (Å²) in [5.74, 6) is 1.41. The highest BCUT2D eigenvalue weighted by molar-refractivity contribution is 5.79. The maximum atomic E-state index is 12.6. The van der Waals surface area contributed by atoms with Gasteiger partial charge in [-0.15, -0.1) is 0 Å². The third-order valence-corrected chi connectivity index (χ3v) is 4.40. The fourth-order valence-electron chi connectivity index (χ4n) is 3.07. The van der Waals surface area contributed by atoms with Crippen molar-refractivity contribution in [3.63, 3.8) is 0 Å². The molecule has 0 bridgehead atoms. The number of ether oxygens (including phenoxy) is 2. The molecular weight excluding hydrogens is 304 g/mol. The Hall–Kier alpha value is -2.69. The number of fused-ring (bicyclic) bond motifs is 1. The predicted octanol–water partition coefficient (Wildman–Crippen LogP) is 2.41. The van der Waals surface area contributed by atoms with Gasteiger partial charge < -0.3 is 20.1 Å². The highest BCUT2D eigenvalue weighted by atomic mass is 16.5. The Morgan fingerprint density at radius 1 is 1.08 bits per heavy atom. The summed E-state index contributed by atoms with van der Waals surface area (Å²) in [6, 6.07) is 11.5. The summed E-state index contributed by atoms with van der Waals surface area (Å²) in [5.41, 5.74) is 9.93. The molecule has 0 saturated heterocycles. The lowest BCUT2D eigenvalue weighted by Crippen LogP contribution is -2.36. The molecule has 1 aliphatic rings. The number of nitrogens with two attached hydrogens (primary N) is 1. The average Bonchev–Trinajstić information content (AvgIpc) is 2.60. The lowest BCUT2D eigenvalue weighted by Gasteiger charge is -2.29. The summed E-state index contributed by atoms with van der Waals surface area (Å²) in [5, 5.41) is 0. The normalized spacial score (nSPS) is 13.3. The van der Waals surface area contributed by atoms with Crippen molar-refractivity contribution >= 4 is 11.6 Å². The fraction of sp³-hybridized carbons (Fsp3) is 0.316. The lowest BCUT2D eigenvalue weighted by molar-refractivity contribution is -0.131. The van der Waals surface area contributed by atoms with E-state index in [1.54, 1.807) is 14.2 Å². The molecule has 0 unspecified atom stereocenters. The molecule has 5 heteroatoms. The second-order valence-electron chi connectivity index (χ2n) is 5.96. The van der Waals surface area contributed by atoms with Crippen LogP contribution in [0.4, 0.5) is 5.69 Å². The summed E-state index contributed by atoms with van der Waals surface area (Å²) >= 11 is 0. The fourth-order valence-corrected chi connectivity index (χ4v) is 3.07. The van der Waals surface area contributed by atoms with Gasteiger partial charge in [-0.3, -0.25) is 4.79 Å². The quantitative estimate of drug-likeness (QED) is 0.876. The van der Waals surface area contributed by atoms with Crippen LogP contribution in [0.1, 0.15) is 16.7 Å². The Labute approximate surface area is 142 Å². The number of methoxy groups -OCH3 is 2. The van der Waals surface area contributed by atoms with E-state index in [0.29, 0.717) is 24.5 Å². The average molecular weight is 326 g/mol. The van der Waals surface area contributed by atoms with Gasteiger partial charge in [0.25, 0.3) is 0 Å². The van der Waals surface area contributed by atoms with E-state index in [1.807, 2.05) is 35.2 Å². The highest BCUT2D eigenvalue weighted by Crippen LogP contribution is 2.28. The molecule has 0 radical (unpaired) electrons. The number of benzene rings is 2. The second-order valence-corrected chi connectivity index (χ2v) is 5.96. The first-order valence-corrected chi connectivity index (χ1v) is 7.96. The smallest absolute Gasteiger partial charge is 0.227 e. The van der Waals surface area contributed by atoms with Crippen molar-refractivity contribution in [3.8, 4) is 11.5 Å².